The molecule has 2 rings (SSSR count). The number of ketones is 1. The fourth-order valence-corrected chi connectivity index (χ4v) is 1.99. The van der Waals surface area contributed by atoms with E-state index in [1.807, 2.05) is 0 Å². The van der Waals surface area contributed by atoms with Gasteiger partial charge in [-0.2, -0.15) is 0 Å². The average Bonchev–Trinajstić information content (AvgIpc) is 2.01. The Morgan fingerprint density at radius 1 is 1.27 bits per heavy atom. The summed E-state index contributed by atoms with van der Waals surface area (Å²) in [5.41, 5.74) is 1.58. The van der Waals surface area contributed by atoms with E-state index in [1.54, 1.807) is 5.57 Å². The highest BCUT2D eigenvalue weighted by molar-refractivity contribution is 5.85. The second kappa shape index (κ2) is 2.80. The zero-order valence-corrected chi connectivity index (χ0v) is 6.81. The quantitative estimate of drug-likeness (QED) is 0.525. The Kier molecular flexibility index (Phi) is 1.80. The van der Waals surface area contributed by atoms with Gasteiger partial charge in [0.2, 0.25) is 0 Å². The maximum absolute atomic E-state index is 10.7. The standard InChI is InChI=1S/C10H14O/c11-10-6-9(7-10)8-4-2-1-3-5-8/h4,9H,1-3,5-7H2. The third-order valence-corrected chi connectivity index (χ3v) is 2.80. The van der Waals surface area contributed by atoms with Crippen LogP contribution in [0.5, 0.6) is 0 Å². The molecular weight excluding hydrogens is 136 g/mol. The first-order valence-corrected chi connectivity index (χ1v) is 4.57. The lowest BCUT2D eigenvalue weighted by Gasteiger charge is -2.28. The first kappa shape index (κ1) is 7.08. The summed E-state index contributed by atoms with van der Waals surface area (Å²) in [6.45, 7) is 0. The van der Waals surface area contributed by atoms with Crippen LogP contribution in [-0.2, 0) is 4.79 Å². The van der Waals surface area contributed by atoms with E-state index in [1.165, 1.54) is 25.7 Å². The molecule has 0 heterocycles. The molecule has 0 saturated heterocycles. The maximum Gasteiger partial charge on any atom is 0.134 e. The fraction of sp³-hybridized carbons (Fsp3) is 0.700. The van der Waals surface area contributed by atoms with Crippen molar-refractivity contribution in [3.8, 4) is 0 Å². The van der Waals surface area contributed by atoms with Gasteiger partial charge in [-0.25, -0.2) is 0 Å². The van der Waals surface area contributed by atoms with Crippen molar-refractivity contribution in [1.82, 2.24) is 0 Å². The summed E-state index contributed by atoms with van der Waals surface area (Å²) in [6, 6.07) is 0. The molecule has 0 bridgehead atoms. The highest BCUT2D eigenvalue weighted by Crippen LogP contribution is 2.35. The van der Waals surface area contributed by atoms with Gasteiger partial charge in [-0.05, 0) is 31.6 Å². The van der Waals surface area contributed by atoms with E-state index >= 15 is 0 Å². The van der Waals surface area contributed by atoms with Gasteiger partial charge in [-0.3, -0.25) is 4.79 Å². The third kappa shape index (κ3) is 1.37. The van der Waals surface area contributed by atoms with E-state index in [0.29, 0.717) is 11.7 Å². The second-order valence-electron chi connectivity index (χ2n) is 3.67. The van der Waals surface area contributed by atoms with Gasteiger partial charge in [0.15, 0.2) is 0 Å². The predicted molar refractivity (Wildman–Crippen MR) is 44.3 cm³/mol. The largest absolute Gasteiger partial charge is 0.300 e. The Morgan fingerprint density at radius 2 is 2.09 bits per heavy atom. The first-order valence-electron chi connectivity index (χ1n) is 4.57. The molecule has 1 heteroatoms. The van der Waals surface area contributed by atoms with E-state index in [0.717, 1.165) is 12.8 Å². The van der Waals surface area contributed by atoms with Gasteiger partial charge in [0, 0.05) is 12.8 Å². The summed E-state index contributed by atoms with van der Waals surface area (Å²) in [4.78, 5) is 10.7. The Labute approximate surface area is 67.5 Å². The number of allylic oxidation sites excluding steroid dienone is 2. The van der Waals surface area contributed by atoms with Crippen molar-refractivity contribution in [3.63, 3.8) is 0 Å². The van der Waals surface area contributed by atoms with Crippen LogP contribution in [0.25, 0.3) is 0 Å². The zero-order chi connectivity index (χ0) is 7.68. The van der Waals surface area contributed by atoms with Crippen LogP contribution in [0, 0.1) is 5.92 Å². The van der Waals surface area contributed by atoms with Crippen LogP contribution in [0.3, 0.4) is 0 Å². The molecule has 0 aromatic carbocycles. The number of carbonyl (C=O) groups is 1. The molecule has 0 aromatic rings. The number of carbonyl (C=O) groups excluding carboxylic acids is 1. The van der Waals surface area contributed by atoms with E-state index in [-0.39, 0.29) is 0 Å². The highest BCUT2D eigenvalue weighted by Gasteiger charge is 2.29. The smallest absolute Gasteiger partial charge is 0.134 e. The lowest BCUT2D eigenvalue weighted by molar-refractivity contribution is -0.125. The number of Topliss-reactive ketones (excluding diaryl/α,β-unsaturated/α-hetero) is 1. The van der Waals surface area contributed by atoms with Crippen LogP contribution >= 0.6 is 0 Å². The molecule has 0 N–H and O–H groups in total. The van der Waals surface area contributed by atoms with Gasteiger partial charge in [0.05, 0.1) is 0 Å². The first-order chi connectivity index (χ1) is 5.36. The lowest BCUT2D eigenvalue weighted by atomic mass is 9.75. The van der Waals surface area contributed by atoms with Gasteiger partial charge in [0.1, 0.15) is 5.78 Å². The minimum atomic E-state index is 0.460. The van der Waals surface area contributed by atoms with Crippen molar-refractivity contribution in [2.24, 2.45) is 5.92 Å². The molecule has 1 nitrogen and oxygen atoms in total. The molecular formula is C10H14O. The van der Waals surface area contributed by atoms with Crippen molar-refractivity contribution in [1.29, 1.82) is 0 Å². The Bertz CT molecular complexity index is 195. The van der Waals surface area contributed by atoms with Crippen molar-refractivity contribution in [3.05, 3.63) is 11.6 Å². The maximum atomic E-state index is 10.7. The Morgan fingerprint density at radius 3 is 2.64 bits per heavy atom. The van der Waals surface area contributed by atoms with Gasteiger partial charge < -0.3 is 0 Å². The van der Waals surface area contributed by atoms with Crippen LogP contribution in [0.1, 0.15) is 38.5 Å². The van der Waals surface area contributed by atoms with Crippen molar-refractivity contribution >= 4 is 5.78 Å². The lowest BCUT2D eigenvalue weighted by Crippen LogP contribution is -2.25. The normalized spacial score (nSPS) is 26.2. The van der Waals surface area contributed by atoms with E-state index < -0.39 is 0 Å². The van der Waals surface area contributed by atoms with Crippen molar-refractivity contribution in [2.75, 3.05) is 0 Å². The molecule has 0 atom stereocenters. The van der Waals surface area contributed by atoms with E-state index in [9.17, 15) is 4.79 Å². The molecule has 11 heavy (non-hydrogen) atoms. The molecule has 2 aliphatic carbocycles. The van der Waals surface area contributed by atoms with Crippen molar-refractivity contribution < 1.29 is 4.79 Å². The Hall–Kier alpha value is -0.590. The molecule has 1 saturated carbocycles. The summed E-state index contributed by atoms with van der Waals surface area (Å²) < 4.78 is 0. The van der Waals surface area contributed by atoms with Gasteiger partial charge >= 0.3 is 0 Å². The van der Waals surface area contributed by atoms with E-state index in [2.05, 4.69) is 6.08 Å². The van der Waals surface area contributed by atoms with E-state index in [4.69, 9.17) is 0 Å². The van der Waals surface area contributed by atoms with Gasteiger partial charge in [-0.1, -0.05) is 11.6 Å². The summed E-state index contributed by atoms with van der Waals surface area (Å²) in [5.74, 6) is 1.12. The molecule has 0 amide bonds. The number of hydrogen-bond acceptors (Lipinski definition) is 1. The summed E-state index contributed by atoms with van der Waals surface area (Å²) in [5, 5.41) is 0. The molecule has 60 valence electrons. The third-order valence-electron chi connectivity index (χ3n) is 2.80. The summed E-state index contributed by atoms with van der Waals surface area (Å²) in [6.07, 6.45) is 9.25. The molecule has 0 spiro atoms. The van der Waals surface area contributed by atoms with Crippen molar-refractivity contribution in [2.45, 2.75) is 38.5 Å². The molecule has 0 aliphatic heterocycles. The molecule has 0 aromatic heterocycles. The topological polar surface area (TPSA) is 17.1 Å². The van der Waals surface area contributed by atoms with Crippen LogP contribution < -0.4 is 0 Å². The second-order valence-corrected chi connectivity index (χ2v) is 3.67. The number of rotatable bonds is 1. The SMILES string of the molecule is O=C1CC(C2=CCCCC2)C1. The summed E-state index contributed by atoms with van der Waals surface area (Å²) >= 11 is 0. The Balaban J connectivity index is 1.94. The predicted octanol–water partition coefficient (Wildman–Crippen LogP) is 2.47. The number of hydrogen-bond donors (Lipinski definition) is 0. The zero-order valence-electron chi connectivity index (χ0n) is 6.81. The minimum absolute atomic E-state index is 0.460. The molecule has 1 fully saturated rings. The monoisotopic (exact) mass is 150 g/mol. The van der Waals surface area contributed by atoms with Crippen LogP contribution in [0.2, 0.25) is 0 Å². The average molecular weight is 150 g/mol. The highest BCUT2D eigenvalue weighted by atomic mass is 16.1. The van der Waals surface area contributed by atoms with Gasteiger partial charge in [0.25, 0.3) is 0 Å². The van der Waals surface area contributed by atoms with Gasteiger partial charge in [-0.15, -0.1) is 0 Å². The van der Waals surface area contributed by atoms with Crippen LogP contribution in [0.15, 0.2) is 11.6 Å². The molecule has 0 radical (unpaired) electrons. The molecule has 0 unspecified atom stereocenters. The fourth-order valence-electron chi connectivity index (χ4n) is 1.99. The van der Waals surface area contributed by atoms with Crippen LogP contribution in [-0.4, -0.2) is 5.78 Å². The summed E-state index contributed by atoms with van der Waals surface area (Å²) in [7, 11) is 0. The van der Waals surface area contributed by atoms with Crippen LogP contribution in [0.4, 0.5) is 0 Å². The minimum Gasteiger partial charge on any atom is -0.300 e. The molecule has 2 aliphatic rings.